The molecule has 0 amide bonds. The molecule has 0 aliphatic carbocycles. The van der Waals surface area contributed by atoms with E-state index in [1.165, 1.54) is 12.1 Å². The monoisotopic (exact) mass is 398 g/mol. The molecule has 2 aliphatic rings. The maximum Gasteiger partial charge on any atom is 0.475 e. The van der Waals surface area contributed by atoms with Crippen molar-refractivity contribution in [2.75, 3.05) is 20.1 Å². The second-order valence-electron chi connectivity index (χ2n) is 6.64. The lowest BCUT2D eigenvalue weighted by atomic mass is 9.97. The summed E-state index contributed by atoms with van der Waals surface area (Å²) in [5.74, 6) is 0.844. The maximum absolute atomic E-state index is 12.8. The molecule has 1 aromatic carbocycles. The van der Waals surface area contributed by atoms with Crippen molar-refractivity contribution in [1.82, 2.24) is 9.80 Å². The van der Waals surface area contributed by atoms with Crippen molar-refractivity contribution in [2.45, 2.75) is 29.9 Å². The first kappa shape index (κ1) is 19.2. The van der Waals surface area contributed by atoms with E-state index in [2.05, 4.69) is 4.99 Å². The molecule has 1 unspecified atom stereocenters. The van der Waals surface area contributed by atoms with E-state index in [0.717, 1.165) is 6.07 Å². The molecule has 1 fully saturated rings. The van der Waals surface area contributed by atoms with Gasteiger partial charge in [-0.3, -0.25) is 0 Å². The Kier molecular flexibility index (Phi) is 4.67. The van der Waals surface area contributed by atoms with Crippen LogP contribution < -0.4 is 4.74 Å². The highest BCUT2D eigenvalue weighted by atomic mass is 32.2. The van der Waals surface area contributed by atoms with E-state index in [0.29, 0.717) is 36.1 Å². The standard InChI is InChI=1S/C17H17F3N4O2S/c1-16(2)14(24-7-6-23(3)15(24)22-10-21)9-11-8-12(4-5-13(11)26-16)27(25)17(18,19)20/h4-5,8-9H,6-7H2,1-3H3. The second kappa shape index (κ2) is 6.56. The van der Waals surface area contributed by atoms with Gasteiger partial charge >= 0.3 is 5.51 Å². The Bertz CT molecular complexity index is 902. The average molecular weight is 398 g/mol. The van der Waals surface area contributed by atoms with Gasteiger partial charge in [0.15, 0.2) is 10.8 Å². The summed E-state index contributed by atoms with van der Waals surface area (Å²) in [6, 6.07) is 3.77. The third-order valence-electron chi connectivity index (χ3n) is 4.36. The molecule has 10 heteroatoms. The fourth-order valence-electron chi connectivity index (χ4n) is 3.11. The van der Waals surface area contributed by atoms with Gasteiger partial charge in [0.2, 0.25) is 12.2 Å². The van der Waals surface area contributed by atoms with Gasteiger partial charge in [0.1, 0.15) is 11.4 Å². The van der Waals surface area contributed by atoms with Crippen molar-refractivity contribution in [3.63, 3.8) is 0 Å². The van der Waals surface area contributed by atoms with Gasteiger partial charge in [0.25, 0.3) is 0 Å². The number of aliphatic imine (C=N–C) groups is 1. The molecule has 3 rings (SSSR count). The number of nitriles is 1. The van der Waals surface area contributed by atoms with Gasteiger partial charge in [-0.15, -0.1) is 4.99 Å². The van der Waals surface area contributed by atoms with E-state index in [1.807, 2.05) is 18.7 Å². The van der Waals surface area contributed by atoms with E-state index < -0.39 is 21.9 Å². The summed E-state index contributed by atoms with van der Waals surface area (Å²) in [4.78, 5) is 7.11. The topological polar surface area (TPSA) is 68.9 Å². The summed E-state index contributed by atoms with van der Waals surface area (Å²) >= 11 is 0. The summed E-state index contributed by atoms with van der Waals surface area (Å²) < 4.78 is 56.0. The van der Waals surface area contributed by atoms with Gasteiger partial charge < -0.3 is 14.5 Å². The van der Waals surface area contributed by atoms with Crippen molar-refractivity contribution in [3.05, 3.63) is 29.5 Å². The molecule has 0 bridgehead atoms. The van der Waals surface area contributed by atoms with Crippen LogP contribution in [0.4, 0.5) is 13.2 Å². The minimum absolute atomic E-state index is 0.343. The lowest BCUT2D eigenvalue weighted by molar-refractivity contribution is -0.0384. The largest absolute Gasteiger partial charge is 0.481 e. The molecule has 0 aromatic heterocycles. The molecule has 0 spiro atoms. The molecule has 1 atom stereocenters. The molecule has 0 saturated carbocycles. The summed E-state index contributed by atoms with van der Waals surface area (Å²) in [5, 5.41) is 8.94. The zero-order valence-electron chi connectivity index (χ0n) is 14.9. The lowest BCUT2D eigenvalue weighted by Gasteiger charge is -2.38. The van der Waals surface area contributed by atoms with E-state index in [-0.39, 0.29) is 4.90 Å². The molecular weight excluding hydrogens is 381 g/mol. The van der Waals surface area contributed by atoms with Crippen molar-refractivity contribution in [2.24, 2.45) is 4.99 Å². The quantitative estimate of drug-likeness (QED) is 0.717. The number of nitrogens with zero attached hydrogens (tertiary/aromatic N) is 4. The second-order valence-corrected chi connectivity index (χ2v) is 8.11. The number of likely N-dealkylation sites (N-methyl/N-ethyl adjacent to an activating group) is 1. The Morgan fingerprint density at radius 2 is 2.04 bits per heavy atom. The number of guanidine groups is 1. The van der Waals surface area contributed by atoms with Gasteiger partial charge in [0.05, 0.1) is 5.70 Å². The number of hydrogen-bond acceptors (Lipinski definition) is 4. The summed E-state index contributed by atoms with van der Waals surface area (Å²) in [5.41, 5.74) is -4.58. The van der Waals surface area contributed by atoms with Crippen molar-refractivity contribution in [3.8, 4) is 11.9 Å². The van der Waals surface area contributed by atoms with Crippen LogP contribution in [0.25, 0.3) is 6.08 Å². The highest BCUT2D eigenvalue weighted by molar-refractivity contribution is 7.86. The highest BCUT2D eigenvalue weighted by Crippen LogP contribution is 2.39. The van der Waals surface area contributed by atoms with Crippen LogP contribution in [0.3, 0.4) is 0 Å². The SMILES string of the molecule is CN1CCN(C2=Cc3cc(S(=O)C(F)(F)F)ccc3OC2(C)C)C1=NC#N. The van der Waals surface area contributed by atoms with Crippen molar-refractivity contribution >= 4 is 22.8 Å². The Labute approximate surface area is 157 Å². The van der Waals surface area contributed by atoms with E-state index in [4.69, 9.17) is 10.00 Å². The van der Waals surface area contributed by atoms with Crippen LogP contribution in [0.1, 0.15) is 19.4 Å². The summed E-state index contributed by atoms with van der Waals surface area (Å²) in [6.45, 7) is 4.84. The van der Waals surface area contributed by atoms with E-state index in [1.54, 1.807) is 24.2 Å². The van der Waals surface area contributed by atoms with Gasteiger partial charge in [-0.1, -0.05) is 0 Å². The maximum atomic E-state index is 12.8. The van der Waals surface area contributed by atoms with Gasteiger partial charge in [-0.2, -0.15) is 18.4 Å². The smallest absolute Gasteiger partial charge is 0.475 e. The number of benzene rings is 1. The van der Waals surface area contributed by atoms with Crippen LogP contribution in [0, 0.1) is 11.5 Å². The Morgan fingerprint density at radius 3 is 2.67 bits per heavy atom. The molecule has 0 N–H and O–H groups in total. The van der Waals surface area contributed by atoms with Crippen LogP contribution in [0.5, 0.6) is 5.75 Å². The first-order chi connectivity index (χ1) is 12.5. The molecule has 2 heterocycles. The van der Waals surface area contributed by atoms with Crippen LogP contribution >= 0.6 is 0 Å². The molecule has 0 radical (unpaired) electrons. The molecule has 144 valence electrons. The zero-order chi connectivity index (χ0) is 20.0. The first-order valence-corrected chi connectivity index (χ1v) is 9.19. The van der Waals surface area contributed by atoms with Crippen LogP contribution in [-0.4, -0.2) is 51.2 Å². The average Bonchev–Trinajstić information content (AvgIpc) is 2.93. The van der Waals surface area contributed by atoms with Crippen molar-refractivity contribution in [1.29, 1.82) is 5.26 Å². The number of rotatable bonds is 2. The Morgan fingerprint density at radius 1 is 1.33 bits per heavy atom. The Hall–Kier alpha value is -2.54. The lowest BCUT2D eigenvalue weighted by Crippen LogP contribution is -2.44. The van der Waals surface area contributed by atoms with Gasteiger partial charge in [0, 0.05) is 30.6 Å². The predicted octanol–water partition coefficient (Wildman–Crippen LogP) is 2.91. The molecular formula is C17H17F3N4O2S. The van der Waals surface area contributed by atoms with E-state index >= 15 is 0 Å². The molecule has 27 heavy (non-hydrogen) atoms. The number of halogens is 3. The van der Waals surface area contributed by atoms with Crippen LogP contribution in [-0.2, 0) is 10.8 Å². The third-order valence-corrected chi connectivity index (χ3v) is 5.46. The molecule has 1 aromatic rings. The van der Waals surface area contributed by atoms with Crippen LogP contribution in [0.15, 0.2) is 33.8 Å². The first-order valence-electron chi connectivity index (χ1n) is 8.04. The van der Waals surface area contributed by atoms with E-state index in [9.17, 15) is 17.4 Å². The number of alkyl halides is 3. The summed E-state index contributed by atoms with van der Waals surface area (Å²) in [7, 11) is -1.32. The molecule has 6 nitrogen and oxygen atoms in total. The fraction of sp³-hybridized carbons (Fsp3) is 0.412. The summed E-state index contributed by atoms with van der Waals surface area (Å²) in [6.07, 6.45) is 3.46. The van der Waals surface area contributed by atoms with Gasteiger partial charge in [-0.25, -0.2) is 4.21 Å². The predicted molar refractivity (Wildman–Crippen MR) is 94.0 cm³/mol. The fourth-order valence-corrected chi connectivity index (χ4v) is 3.80. The minimum atomic E-state index is -4.83. The number of fused-ring (bicyclic) bond motifs is 1. The minimum Gasteiger partial charge on any atom is -0.481 e. The van der Waals surface area contributed by atoms with Crippen molar-refractivity contribution < 1.29 is 22.1 Å². The molecule has 1 saturated heterocycles. The zero-order valence-corrected chi connectivity index (χ0v) is 15.7. The Balaban J connectivity index is 2.07. The van der Waals surface area contributed by atoms with Crippen LogP contribution in [0.2, 0.25) is 0 Å². The molecule has 2 aliphatic heterocycles. The third kappa shape index (κ3) is 3.51. The number of hydrogen-bond donors (Lipinski definition) is 0. The highest BCUT2D eigenvalue weighted by Gasteiger charge is 2.41. The number of ether oxygens (including phenoxy) is 1. The van der Waals surface area contributed by atoms with Gasteiger partial charge in [-0.05, 0) is 38.1 Å². The normalized spacial score (nSPS) is 21.4.